The average Bonchev–Trinajstić information content (AvgIpc) is 2.36. The number of nitrogens with one attached hydrogen (secondary N) is 2. The van der Waals surface area contributed by atoms with Crippen molar-refractivity contribution in [1.82, 2.24) is 10.6 Å². The number of amides is 1. The smallest absolute Gasteiger partial charge is 0.236 e. The molecule has 3 nitrogen and oxygen atoms in total. The van der Waals surface area contributed by atoms with Crippen LogP contribution in [0.2, 0.25) is 0 Å². The van der Waals surface area contributed by atoms with Gasteiger partial charge in [-0.25, -0.2) is 0 Å². The first-order valence-electron chi connectivity index (χ1n) is 5.81. The Labute approximate surface area is 107 Å². The standard InChI is InChI=1S/C13H20N2OS/c1-4-14-13(16)10(2)15-9-11-5-7-12(17-3)8-6-11/h5-8,10,15H,4,9H2,1-3H3,(H,14,16). The largest absolute Gasteiger partial charge is 0.355 e. The van der Waals surface area contributed by atoms with Crippen LogP contribution >= 0.6 is 11.8 Å². The van der Waals surface area contributed by atoms with Gasteiger partial charge < -0.3 is 10.6 Å². The van der Waals surface area contributed by atoms with Gasteiger partial charge in [0.2, 0.25) is 5.91 Å². The molecule has 1 atom stereocenters. The first-order chi connectivity index (χ1) is 8.17. The Bertz CT molecular complexity index is 351. The topological polar surface area (TPSA) is 41.1 Å². The molecule has 0 aliphatic heterocycles. The van der Waals surface area contributed by atoms with Gasteiger partial charge in [0, 0.05) is 18.0 Å². The van der Waals surface area contributed by atoms with E-state index in [9.17, 15) is 4.79 Å². The summed E-state index contributed by atoms with van der Waals surface area (Å²) in [6.45, 7) is 5.19. The summed E-state index contributed by atoms with van der Waals surface area (Å²) < 4.78 is 0. The molecular weight excluding hydrogens is 232 g/mol. The summed E-state index contributed by atoms with van der Waals surface area (Å²) in [6.07, 6.45) is 2.06. The van der Waals surface area contributed by atoms with Crippen molar-refractivity contribution in [3.05, 3.63) is 29.8 Å². The summed E-state index contributed by atoms with van der Waals surface area (Å²) in [5.74, 6) is 0.0493. The number of rotatable bonds is 6. The van der Waals surface area contributed by atoms with Gasteiger partial charge in [0.05, 0.1) is 6.04 Å². The van der Waals surface area contributed by atoms with Crippen LogP contribution in [0.5, 0.6) is 0 Å². The minimum Gasteiger partial charge on any atom is -0.355 e. The van der Waals surface area contributed by atoms with E-state index >= 15 is 0 Å². The Kier molecular flexibility index (Phi) is 6.08. The zero-order chi connectivity index (χ0) is 12.7. The van der Waals surface area contributed by atoms with Crippen molar-refractivity contribution in [2.75, 3.05) is 12.8 Å². The molecule has 1 rings (SSSR count). The first kappa shape index (κ1) is 14.1. The van der Waals surface area contributed by atoms with E-state index in [2.05, 4.69) is 41.2 Å². The van der Waals surface area contributed by atoms with Crippen LogP contribution in [0, 0.1) is 0 Å². The molecule has 1 amide bonds. The maximum Gasteiger partial charge on any atom is 0.236 e. The average molecular weight is 252 g/mol. The van der Waals surface area contributed by atoms with Gasteiger partial charge >= 0.3 is 0 Å². The molecule has 1 aromatic carbocycles. The lowest BCUT2D eigenvalue weighted by Gasteiger charge is -2.13. The molecule has 4 heteroatoms. The second-order valence-corrected chi connectivity index (χ2v) is 4.72. The monoisotopic (exact) mass is 252 g/mol. The predicted molar refractivity (Wildman–Crippen MR) is 73.2 cm³/mol. The molecule has 0 saturated carbocycles. The fourth-order valence-corrected chi connectivity index (χ4v) is 1.84. The maximum absolute atomic E-state index is 11.5. The second-order valence-electron chi connectivity index (χ2n) is 3.85. The van der Waals surface area contributed by atoms with Crippen LogP contribution in [0.1, 0.15) is 19.4 Å². The highest BCUT2D eigenvalue weighted by molar-refractivity contribution is 7.98. The molecule has 0 fully saturated rings. The maximum atomic E-state index is 11.5. The fourth-order valence-electron chi connectivity index (χ4n) is 1.43. The van der Waals surface area contributed by atoms with Gasteiger partial charge in [-0.15, -0.1) is 11.8 Å². The Hall–Kier alpha value is -1.00. The molecule has 0 heterocycles. The summed E-state index contributed by atoms with van der Waals surface area (Å²) in [4.78, 5) is 12.7. The number of carbonyl (C=O) groups is 1. The Balaban J connectivity index is 2.41. The Morgan fingerprint density at radius 2 is 2.00 bits per heavy atom. The summed E-state index contributed by atoms with van der Waals surface area (Å²) in [6, 6.07) is 8.21. The molecule has 0 aliphatic rings. The van der Waals surface area contributed by atoms with Crippen molar-refractivity contribution in [2.24, 2.45) is 0 Å². The van der Waals surface area contributed by atoms with E-state index in [1.165, 1.54) is 10.5 Å². The van der Waals surface area contributed by atoms with Crippen molar-refractivity contribution in [1.29, 1.82) is 0 Å². The third kappa shape index (κ3) is 4.79. The lowest BCUT2D eigenvalue weighted by molar-refractivity contribution is -0.122. The molecule has 0 spiro atoms. The zero-order valence-electron chi connectivity index (χ0n) is 10.6. The van der Waals surface area contributed by atoms with Crippen molar-refractivity contribution in [3.63, 3.8) is 0 Å². The van der Waals surface area contributed by atoms with Crippen LogP contribution in [0.25, 0.3) is 0 Å². The van der Waals surface area contributed by atoms with Crippen LogP contribution in [0.3, 0.4) is 0 Å². The van der Waals surface area contributed by atoms with E-state index < -0.39 is 0 Å². The minimum atomic E-state index is -0.157. The molecule has 0 aliphatic carbocycles. The van der Waals surface area contributed by atoms with E-state index in [0.717, 1.165) is 0 Å². The van der Waals surface area contributed by atoms with Crippen molar-refractivity contribution in [2.45, 2.75) is 31.3 Å². The van der Waals surface area contributed by atoms with E-state index in [-0.39, 0.29) is 11.9 Å². The van der Waals surface area contributed by atoms with Crippen LogP contribution < -0.4 is 10.6 Å². The van der Waals surface area contributed by atoms with Crippen molar-refractivity contribution < 1.29 is 4.79 Å². The molecule has 94 valence electrons. The SMILES string of the molecule is CCNC(=O)C(C)NCc1ccc(SC)cc1. The van der Waals surface area contributed by atoms with E-state index in [1.807, 2.05) is 13.8 Å². The zero-order valence-corrected chi connectivity index (χ0v) is 11.4. The summed E-state index contributed by atoms with van der Waals surface area (Å²) in [7, 11) is 0. The van der Waals surface area contributed by atoms with E-state index in [1.54, 1.807) is 11.8 Å². The third-order valence-electron chi connectivity index (χ3n) is 2.52. The van der Waals surface area contributed by atoms with Gasteiger partial charge in [-0.2, -0.15) is 0 Å². The number of likely N-dealkylation sites (N-methyl/N-ethyl adjacent to an activating group) is 1. The van der Waals surface area contributed by atoms with Gasteiger partial charge in [0.15, 0.2) is 0 Å². The number of benzene rings is 1. The van der Waals surface area contributed by atoms with Crippen LogP contribution in [-0.4, -0.2) is 24.7 Å². The van der Waals surface area contributed by atoms with Gasteiger partial charge in [0.1, 0.15) is 0 Å². The molecular formula is C13H20N2OS. The molecule has 1 unspecified atom stereocenters. The normalized spacial score (nSPS) is 12.2. The summed E-state index contributed by atoms with van der Waals surface area (Å²) >= 11 is 1.73. The van der Waals surface area contributed by atoms with Gasteiger partial charge in [-0.1, -0.05) is 12.1 Å². The third-order valence-corrected chi connectivity index (χ3v) is 3.26. The molecule has 2 N–H and O–H groups in total. The number of carbonyl (C=O) groups excluding carboxylic acids is 1. The van der Waals surface area contributed by atoms with Crippen molar-refractivity contribution in [3.8, 4) is 0 Å². The highest BCUT2D eigenvalue weighted by atomic mass is 32.2. The Morgan fingerprint density at radius 1 is 1.35 bits per heavy atom. The molecule has 17 heavy (non-hydrogen) atoms. The second kappa shape index (κ2) is 7.35. The lowest BCUT2D eigenvalue weighted by Crippen LogP contribution is -2.41. The highest BCUT2D eigenvalue weighted by Crippen LogP contribution is 2.14. The lowest BCUT2D eigenvalue weighted by atomic mass is 10.2. The fraction of sp³-hybridized carbons (Fsp3) is 0.462. The van der Waals surface area contributed by atoms with E-state index in [0.29, 0.717) is 13.1 Å². The van der Waals surface area contributed by atoms with Crippen LogP contribution in [0.4, 0.5) is 0 Å². The highest BCUT2D eigenvalue weighted by Gasteiger charge is 2.10. The minimum absolute atomic E-state index is 0.0493. The van der Waals surface area contributed by atoms with Crippen LogP contribution in [-0.2, 0) is 11.3 Å². The molecule has 1 aromatic rings. The van der Waals surface area contributed by atoms with Gasteiger partial charge in [0.25, 0.3) is 0 Å². The van der Waals surface area contributed by atoms with Crippen LogP contribution in [0.15, 0.2) is 29.2 Å². The predicted octanol–water partition coefficient (Wildman–Crippen LogP) is 2.02. The first-order valence-corrected chi connectivity index (χ1v) is 7.04. The summed E-state index contributed by atoms with van der Waals surface area (Å²) in [5.41, 5.74) is 1.19. The number of hydrogen-bond donors (Lipinski definition) is 2. The van der Waals surface area contributed by atoms with E-state index in [4.69, 9.17) is 0 Å². The quantitative estimate of drug-likeness (QED) is 0.761. The summed E-state index contributed by atoms with van der Waals surface area (Å²) in [5, 5.41) is 6.00. The molecule has 0 radical (unpaired) electrons. The Morgan fingerprint density at radius 3 is 2.53 bits per heavy atom. The van der Waals surface area contributed by atoms with Crippen molar-refractivity contribution >= 4 is 17.7 Å². The van der Waals surface area contributed by atoms with Gasteiger partial charge in [-0.05, 0) is 37.8 Å². The molecule has 0 aromatic heterocycles. The van der Waals surface area contributed by atoms with Gasteiger partial charge in [-0.3, -0.25) is 4.79 Å². The molecule has 0 bridgehead atoms. The number of hydrogen-bond acceptors (Lipinski definition) is 3. The number of thioether (sulfide) groups is 1. The molecule has 0 saturated heterocycles.